The highest BCUT2D eigenvalue weighted by molar-refractivity contribution is 6.34. The third kappa shape index (κ3) is 2.21. The quantitative estimate of drug-likeness (QED) is 0.803. The Labute approximate surface area is 119 Å². The molecule has 0 bridgehead atoms. The van der Waals surface area contributed by atoms with Crippen LogP contribution in [0.3, 0.4) is 0 Å². The van der Waals surface area contributed by atoms with Crippen LogP contribution in [0.4, 0.5) is 0 Å². The molecule has 1 N–H and O–H groups in total. The Bertz CT molecular complexity index is 757. The van der Waals surface area contributed by atoms with Crippen LogP contribution in [0.1, 0.15) is 17.6 Å². The van der Waals surface area contributed by atoms with Crippen molar-refractivity contribution in [2.45, 2.75) is 6.10 Å². The van der Waals surface area contributed by atoms with E-state index in [2.05, 4.69) is 9.97 Å². The second-order valence-corrected chi connectivity index (χ2v) is 4.60. The predicted octanol–water partition coefficient (Wildman–Crippen LogP) is 2.97. The lowest BCUT2D eigenvalue weighted by Gasteiger charge is -2.07. The fourth-order valence-corrected chi connectivity index (χ4v) is 2.16. The van der Waals surface area contributed by atoms with Gasteiger partial charge in [0.15, 0.2) is 11.7 Å². The first-order chi connectivity index (χ1) is 9.69. The third-order valence-corrected chi connectivity index (χ3v) is 3.23. The van der Waals surface area contributed by atoms with E-state index < -0.39 is 6.10 Å². The SMILES string of the molecule is COc1cc(C(O)c2cc3cccc(Cl)c3o2)ncn1. The minimum atomic E-state index is -1.00. The number of aromatic nitrogens is 2. The lowest BCUT2D eigenvalue weighted by atomic mass is 10.2. The molecule has 20 heavy (non-hydrogen) atoms. The number of hydrogen-bond donors (Lipinski definition) is 1. The summed E-state index contributed by atoms with van der Waals surface area (Å²) in [5.74, 6) is 0.747. The van der Waals surface area contributed by atoms with Gasteiger partial charge in [0, 0.05) is 11.5 Å². The van der Waals surface area contributed by atoms with Crippen molar-refractivity contribution in [3.8, 4) is 5.88 Å². The molecule has 5 nitrogen and oxygen atoms in total. The number of nitrogens with zero attached hydrogens (tertiary/aromatic N) is 2. The van der Waals surface area contributed by atoms with Gasteiger partial charge in [0.05, 0.1) is 17.8 Å². The van der Waals surface area contributed by atoms with E-state index >= 15 is 0 Å². The topological polar surface area (TPSA) is 68.4 Å². The molecule has 0 aliphatic heterocycles. The zero-order chi connectivity index (χ0) is 14.1. The van der Waals surface area contributed by atoms with E-state index in [1.54, 1.807) is 18.2 Å². The van der Waals surface area contributed by atoms with Crippen molar-refractivity contribution in [2.75, 3.05) is 7.11 Å². The van der Waals surface area contributed by atoms with Crippen LogP contribution in [-0.2, 0) is 0 Å². The van der Waals surface area contributed by atoms with Gasteiger partial charge in [0.2, 0.25) is 5.88 Å². The highest BCUT2D eigenvalue weighted by atomic mass is 35.5. The summed E-state index contributed by atoms with van der Waals surface area (Å²) in [6.07, 6.45) is 0.322. The molecule has 0 aliphatic rings. The van der Waals surface area contributed by atoms with Crippen molar-refractivity contribution in [2.24, 2.45) is 0 Å². The maximum absolute atomic E-state index is 10.3. The van der Waals surface area contributed by atoms with Gasteiger partial charge in [-0.05, 0) is 12.1 Å². The fraction of sp³-hybridized carbons (Fsp3) is 0.143. The Hall–Kier alpha value is -2.11. The molecule has 0 spiro atoms. The summed E-state index contributed by atoms with van der Waals surface area (Å²) >= 11 is 6.05. The summed E-state index contributed by atoms with van der Waals surface area (Å²) in [6.45, 7) is 0. The van der Waals surface area contributed by atoms with Crippen molar-refractivity contribution in [1.29, 1.82) is 0 Å². The van der Waals surface area contributed by atoms with Crippen LogP contribution >= 0.6 is 11.6 Å². The van der Waals surface area contributed by atoms with E-state index in [1.807, 2.05) is 12.1 Å². The summed E-state index contributed by atoms with van der Waals surface area (Å²) in [4.78, 5) is 7.92. The Kier molecular flexibility index (Phi) is 3.30. The Morgan fingerprint density at radius 2 is 2.15 bits per heavy atom. The molecule has 1 unspecified atom stereocenters. The van der Waals surface area contributed by atoms with Gasteiger partial charge in [-0.25, -0.2) is 9.97 Å². The standard InChI is InChI=1S/C14H11ClN2O3/c1-19-12-6-10(16-7-17-12)13(18)11-5-8-3-2-4-9(15)14(8)20-11/h2-7,13,18H,1H3. The van der Waals surface area contributed by atoms with Crippen LogP contribution in [0.5, 0.6) is 5.88 Å². The molecular weight excluding hydrogens is 280 g/mol. The lowest BCUT2D eigenvalue weighted by Crippen LogP contribution is -2.02. The molecule has 102 valence electrons. The van der Waals surface area contributed by atoms with Crippen LogP contribution in [0.2, 0.25) is 5.02 Å². The van der Waals surface area contributed by atoms with Crippen molar-refractivity contribution < 1.29 is 14.3 Å². The number of ether oxygens (including phenoxy) is 1. The lowest BCUT2D eigenvalue weighted by molar-refractivity contribution is 0.187. The molecule has 3 aromatic rings. The zero-order valence-electron chi connectivity index (χ0n) is 10.6. The number of aliphatic hydroxyl groups excluding tert-OH is 1. The molecule has 0 saturated carbocycles. The number of furan rings is 1. The molecule has 3 rings (SSSR count). The zero-order valence-corrected chi connectivity index (χ0v) is 11.3. The highest BCUT2D eigenvalue weighted by Crippen LogP contribution is 2.31. The van der Waals surface area contributed by atoms with E-state index in [4.69, 9.17) is 20.8 Å². The molecule has 0 aliphatic carbocycles. The molecular formula is C14H11ClN2O3. The molecule has 6 heteroatoms. The van der Waals surface area contributed by atoms with E-state index in [0.29, 0.717) is 27.9 Å². The molecule has 2 aromatic heterocycles. The van der Waals surface area contributed by atoms with Crippen LogP contribution in [0, 0.1) is 0 Å². The summed E-state index contributed by atoms with van der Waals surface area (Å²) in [5.41, 5.74) is 0.941. The van der Waals surface area contributed by atoms with Gasteiger partial charge in [-0.3, -0.25) is 0 Å². The van der Waals surface area contributed by atoms with Crippen LogP contribution < -0.4 is 4.74 Å². The van der Waals surface area contributed by atoms with Gasteiger partial charge in [-0.15, -0.1) is 0 Å². The van der Waals surface area contributed by atoms with Gasteiger partial charge in [0.1, 0.15) is 12.1 Å². The van der Waals surface area contributed by atoms with E-state index in [1.165, 1.54) is 13.4 Å². The average Bonchev–Trinajstić information content (AvgIpc) is 2.92. The van der Waals surface area contributed by atoms with Crippen LogP contribution in [0.25, 0.3) is 11.0 Å². The molecule has 1 atom stereocenters. The number of hydrogen-bond acceptors (Lipinski definition) is 5. The Morgan fingerprint density at radius 3 is 2.90 bits per heavy atom. The van der Waals surface area contributed by atoms with E-state index in [-0.39, 0.29) is 0 Å². The molecule has 0 amide bonds. The first-order valence-electron chi connectivity index (χ1n) is 5.91. The van der Waals surface area contributed by atoms with Gasteiger partial charge < -0.3 is 14.3 Å². The minimum absolute atomic E-state index is 0.369. The van der Waals surface area contributed by atoms with Crippen molar-refractivity contribution in [1.82, 2.24) is 9.97 Å². The third-order valence-electron chi connectivity index (χ3n) is 2.94. The number of benzene rings is 1. The Morgan fingerprint density at radius 1 is 1.30 bits per heavy atom. The Balaban J connectivity index is 2.03. The first-order valence-corrected chi connectivity index (χ1v) is 6.29. The smallest absolute Gasteiger partial charge is 0.216 e. The number of aliphatic hydroxyl groups is 1. The van der Waals surface area contributed by atoms with E-state index in [0.717, 1.165) is 5.39 Å². The number of para-hydroxylation sites is 1. The van der Waals surface area contributed by atoms with E-state index in [9.17, 15) is 5.11 Å². The normalized spacial score (nSPS) is 12.6. The van der Waals surface area contributed by atoms with Crippen molar-refractivity contribution in [3.63, 3.8) is 0 Å². The molecule has 2 heterocycles. The van der Waals surface area contributed by atoms with Gasteiger partial charge in [0.25, 0.3) is 0 Å². The summed E-state index contributed by atoms with van der Waals surface area (Å²) in [5, 5.41) is 11.6. The van der Waals surface area contributed by atoms with Crippen LogP contribution in [-0.4, -0.2) is 22.2 Å². The van der Waals surface area contributed by atoms with Crippen molar-refractivity contribution >= 4 is 22.6 Å². The second kappa shape index (κ2) is 5.11. The second-order valence-electron chi connectivity index (χ2n) is 4.19. The maximum atomic E-state index is 10.3. The van der Waals surface area contributed by atoms with Crippen LogP contribution in [0.15, 0.2) is 41.1 Å². The average molecular weight is 291 g/mol. The number of halogens is 1. The molecule has 0 fully saturated rings. The predicted molar refractivity (Wildman–Crippen MR) is 73.9 cm³/mol. The minimum Gasteiger partial charge on any atom is -0.481 e. The van der Waals surface area contributed by atoms with Gasteiger partial charge in [-0.2, -0.15) is 0 Å². The monoisotopic (exact) mass is 290 g/mol. The number of methoxy groups -OCH3 is 1. The maximum Gasteiger partial charge on any atom is 0.216 e. The fourth-order valence-electron chi connectivity index (χ4n) is 1.94. The van der Waals surface area contributed by atoms with Gasteiger partial charge in [-0.1, -0.05) is 23.7 Å². The van der Waals surface area contributed by atoms with Gasteiger partial charge >= 0.3 is 0 Å². The summed E-state index contributed by atoms with van der Waals surface area (Å²) < 4.78 is 10.6. The van der Waals surface area contributed by atoms with Crippen molar-refractivity contribution in [3.05, 3.63) is 53.1 Å². The molecule has 0 saturated heterocycles. The highest BCUT2D eigenvalue weighted by Gasteiger charge is 2.18. The summed E-state index contributed by atoms with van der Waals surface area (Å²) in [6, 6.07) is 8.71. The number of fused-ring (bicyclic) bond motifs is 1. The number of rotatable bonds is 3. The largest absolute Gasteiger partial charge is 0.481 e. The molecule has 1 aromatic carbocycles. The molecule has 0 radical (unpaired) electrons. The summed E-state index contributed by atoms with van der Waals surface area (Å²) in [7, 11) is 1.50. The first kappa shape index (κ1) is 12.9.